The van der Waals surface area contributed by atoms with Crippen molar-refractivity contribution in [3.05, 3.63) is 71.6 Å². The van der Waals surface area contributed by atoms with Gasteiger partial charge in [0.25, 0.3) is 0 Å². The van der Waals surface area contributed by atoms with E-state index < -0.39 is 0 Å². The molecule has 1 heterocycles. The zero-order chi connectivity index (χ0) is 21.7. The fraction of sp³-hybridized carbons (Fsp3) is 0.320. The molecule has 0 unspecified atom stereocenters. The summed E-state index contributed by atoms with van der Waals surface area (Å²) in [5, 5.41) is 5.77. The number of aryl methyl sites for hydroxylation is 1. The molecule has 0 fully saturated rings. The zero-order valence-corrected chi connectivity index (χ0v) is 19.2. The number of hydrogen-bond acceptors (Lipinski definition) is 5. The van der Waals surface area contributed by atoms with Crippen molar-refractivity contribution < 1.29 is 9.59 Å². The smallest absolute Gasteiger partial charge is 0.226 e. The molecule has 1 aromatic heterocycles. The van der Waals surface area contributed by atoms with Gasteiger partial charge < -0.3 is 5.32 Å². The number of amides is 1. The van der Waals surface area contributed by atoms with Crippen LogP contribution in [0.25, 0.3) is 11.3 Å². The van der Waals surface area contributed by atoms with Crippen LogP contribution in [0, 0.1) is 0 Å². The molecule has 4 nitrogen and oxygen atoms in total. The number of benzene rings is 2. The second kappa shape index (κ2) is 13.1. The summed E-state index contributed by atoms with van der Waals surface area (Å²) in [6.45, 7) is 0. The van der Waals surface area contributed by atoms with Crippen LogP contribution in [-0.2, 0) is 16.0 Å². The molecule has 1 N–H and O–H groups in total. The molecule has 0 saturated heterocycles. The van der Waals surface area contributed by atoms with Gasteiger partial charge in [-0.3, -0.25) is 9.59 Å². The minimum Gasteiger partial charge on any atom is -0.302 e. The maximum Gasteiger partial charge on any atom is 0.226 e. The van der Waals surface area contributed by atoms with Crippen molar-refractivity contribution in [2.24, 2.45) is 0 Å². The van der Waals surface area contributed by atoms with Gasteiger partial charge in [-0.25, -0.2) is 4.98 Å². The lowest BCUT2D eigenvalue weighted by Crippen LogP contribution is -2.10. The third-order valence-electron chi connectivity index (χ3n) is 4.84. The molecule has 31 heavy (non-hydrogen) atoms. The molecular weight excluding hydrogens is 424 g/mol. The van der Waals surface area contributed by atoms with Crippen LogP contribution in [0.1, 0.15) is 44.1 Å². The quantitative estimate of drug-likeness (QED) is 0.315. The van der Waals surface area contributed by atoms with Crippen molar-refractivity contribution in [2.45, 2.75) is 44.9 Å². The molecule has 0 spiro atoms. The Labute approximate surface area is 192 Å². The number of thiazole rings is 1. The average molecular weight is 453 g/mol. The van der Waals surface area contributed by atoms with E-state index in [0.29, 0.717) is 18.0 Å². The van der Waals surface area contributed by atoms with Crippen LogP contribution >= 0.6 is 23.1 Å². The van der Waals surface area contributed by atoms with Gasteiger partial charge >= 0.3 is 0 Å². The molecule has 2 aromatic carbocycles. The van der Waals surface area contributed by atoms with Crippen LogP contribution in [0.3, 0.4) is 0 Å². The molecule has 0 aliphatic carbocycles. The molecule has 162 valence electrons. The van der Waals surface area contributed by atoms with Crippen molar-refractivity contribution >= 4 is 39.3 Å². The largest absolute Gasteiger partial charge is 0.302 e. The van der Waals surface area contributed by atoms with E-state index in [-0.39, 0.29) is 11.0 Å². The number of carbonyl (C=O) groups excluding carboxylic acids is 2. The highest BCUT2D eigenvalue weighted by Gasteiger charge is 2.08. The molecule has 3 aromatic rings. The maximum atomic E-state index is 12.1. The maximum absolute atomic E-state index is 12.1. The molecule has 0 atom stereocenters. The topological polar surface area (TPSA) is 59.1 Å². The Bertz CT molecular complexity index is 942. The van der Waals surface area contributed by atoms with Gasteiger partial charge in [0.2, 0.25) is 5.91 Å². The Morgan fingerprint density at radius 3 is 2.35 bits per heavy atom. The van der Waals surface area contributed by atoms with Crippen LogP contribution < -0.4 is 5.32 Å². The summed E-state index contributed by atoms with van der Waals surface area (Å²) in [6.07, 6.45) is 5.82. The van der Waals surface area contributed by atoms with Gasteiger partial charge in [0.1, 0.15) is 0 Å². The molecule has 3 rings (SSSR count). The molecule has 0 bridgehead atoms. The van der Waals surface area contributed by atoms with E-state index in [1.807, 2.05) is 53.9 Å². The summed E-state index contributed by atoms with van der Waals surface area (Å²) in [5.74, 6) is 0.876. The Morgan fingerprint density at radius 2 is 1.58 bits per heavy atom. The summed E-state index contributed by atoms with van der Waals surface area (Å²) in [4.78, 5) is 28.6. The van der Waals surface area contributed by atoms with Gasteiger partial charge in [-0.2, -0.15) is 0 Å². The first-order chi connectivity index (χ1) is 15.2. The summed E-state index contributed by atoms with van der Waals surface area (Å²) in [6, 6.07) is 20.1. The lowest BCUT2D eigenvalue weighted by atomic mass is 10.1. The summed E-state index contributed by atoms with van der Waals surface area (Å²) >= 11 is 2.89. The van der Waals surface area contributed by atoms with Crippen LogP contribution in [-0.4, -0.2) is 21.8 Å². The first-order valence-electron chi connectivity index (χ1n) is 10.7. The van der Waals surface area contributed by atoms with Crippen molar-refractivity contribution in [3.8, 4) is 11.3 Å². The molecule has 1 amide bonds. The standard InChI is InChI=1S/C25H28N2O2S2/c28-23(27-25-26-22(19-31-25)21-13-7-4-8-14-21)15-9-1-2-10-18-30-24(29)17-16-20-11-5-3-6-12-20/h3-8,11-14,19H,1-2,9-10,15-18H2,(H,26,27,28). The first kappa shape index (κ1) is 23.2. The van der Waals surface area contributed by atoms with E-state index in [9.17, 15) is 9.59 Å². The third kappa shape index (κ3) is 8.67. The van der Waals surface area contributed by atoms with Crippen LogP contribution in [0.2, 0.25) is 0 Å². The number of aromatic nitrogens is 1. The van der Waals surface area contributed by atoms with Crippen LogP contribution in [0.4, 0.5) is 5.13 Å². The van der Waals surface area contributed by atoms with E-state index in [0.717, 1.165) is 49.1 Å². The highest BCUT2D eigenvalue weighted by Crippen LogP contribution is 2.24. The Morgan fingerprint density at radius 1 is 0.871 bits per heavy atom. The van der Waals surface area contributed by atoms with Crippen molar-refractivity contribution in [2.75, 3.05) is 11.1 Å². The molecular formula is C25H28N2O2S2. The SMILES string of the molecule is O=C(CCCCCCSC(=O)CCc1ccccc1)Nc1nc(-c2ccccc2)cs1. The van der Waals surface area contributed by atoms with Crippen molar-refractivity contribution in [3.63, 3.8) is 0 Å². The van der Waals surface area contributed by atoms with E-state index in [1.54, 1.807) is 0 Å². The van der Waals surface area contributed by atoms with E-state index in [2.05, 4.69) is 22.4 Å². The third-order valence-corrected chi connectivity index (χ3v) is 6.62. The second-order valence-corrected chi connectivity index (χ2v) is 9.33. The predicted molar refractivity (Wildman–Crippen MR) is 131 cm³/mol. The number of rotatable bonds is 12. The van der Waals surface area contributed by atoms with Crippen molar-refractivity contribution in [1.29, 1.82) is 0 Å². The first-order valence-corrected chi connectivity index (χ1v) is 12.6. The van der Waals surface area contributed by atoms with Gasteiger partial charge in [0.15, 0.2) is 10.2 Å². The van der Waals surface area contributed by atoms with Gasteiger partial charge in [0.05, 0.1) is 5.69 Å². The van der Waals surface area contributed by atoms with Gasteiger partial charge in [-0.15, -0.1) is 11.3 Å². The molecule has 0 radical (unpaired) electrons. The lowest BCUT2D eigenvalue weighted by molar-refractivity contribution is -0.116. The van der Waals surface area contributed by atoms with Gasteiger partial charge in [-0.1, -0.05) is 85.3 Å². The van der Waals surface area contributed by atoms with Crippen LogP contribution in [0.15, 0.2) is 66.0 Å². The average Bonchev–Trinajstić information content (AvgIpc) is 3.26. The minimum atomic E-state index is 0.0134. The number of hydrogen-bond donors (Lipinski definition) is 1. The molecule has 0 aliphatic rings. The number of nitrogens with one attached hydrogen (secondary N) is 1. The van der Waals surface area contributed by atoms with Crippen LogP contribution in [0.5, 0.6) is 0 Å². The monoisotopic (exact) mass is 452 g/mol. The summed E-state index contributed by atoms with van der Waals surface area (Å²) < 4.78 is 0. The molecule has 6 heteroatoms. The number of thioether (sulfide) groups is 1. The molecule has 0 aliphatic heterocycles. The zero-order valence-electron chi connectivity index (χ0n) is 17.6. The fourth-order valence-electron chi connectivity index (χ4n) is 3.14. The number of unbranched alkanes of at least 4 members (excludes halogenated alkanes) is 3. The predicted octanol–water partition coefficient (Wildman–Crippen LogP) is 6.59. The fourth-order valence-corrected chi connectivity index (χ4v) is 4.70. The van der Waals surface area contributed by atoms with Gasteiger partial charge in [-0.05, 0) is 24.8 Å². The van der Waals surface area contributed by atoms with Crippen molar-refractivity contribution in [1.82, 2.24) is 4.98 Å². The van der Waals surface area contributed by atoms with E-state index >= 15 is 0 Å². The molecule has 0 saturated carbocycles. The normalized spacial score (nSPS) is 10.7. The van der Waals surface area contributed by atoms with Gasteiger partial charge in [0, 0.05) is 29.5 Å². The Kier molecular flexibility index (Phi) is 9.80. The Hall–Kier alpha value is -2.44. The Balaban J connectivity index is 1.21. The summed E-state index contributed by atoms with van der Waals surface area (Å²) in [5.41, 5.74) is 3.15. The van der Waals surface area contributed by atoms with E-state index in [1.165, 1.54) is 28.7 Å². The highest BCUT2D eigenvalue weighted by atomic mass is 32.2. The lowest BCUT2D eigenvalue weighted by Gasteiger charge is -2.03. The summed E-state index contributed by atoms with van der Waals surface area (Å²) in [7, 11) is 0. The minimum absolute atomic E-state index is 0.0134. The second-order valence-electron chi connectivity index (χ2n) is 7.32. The van der Waals surface area contributed by atoms with E-state index in [4.69, 9.17) is 0 Å². The number of anilines is 1. The number of carbonyl (C=O) groups is 2. The highest BCUT2D eigenvalue weighted by molar-refractivity contribution is 8.13. The number of nitrogens with zero attached hydrogens (tertiary/aromatic N) is 1.